The molecule has 0 saturated carbocycles. The van der Waals surface area contributed by atoms with Gasteiger partial charge in [-0.1, -0.05) is 74.3 Å². The average molecular weight is 573 g/mol. The molecule has 9 heteroatoms. The molecule has 2 aliphatic heterocycles. The Morgan fingerprint density at radius 3 is 2.63 bits per heavy atom. The Morgan fingerprint density at radius 1 is 1.10 bits per heavy atom. The van der Waals surface area contributed by atoms with E-state index in [-0.39, 0.29) is 29.0 Å². The maximum atomic E-state index is 14.3. The molecule has 0 spiro atoms. The molecular weight excluding hydrogens is 543 g/mol. The fraction of sp³-hybridized carbons (Fsp3) is 0.281. The van der Waals surface area contributed by atoms with E-state index in [1.807, 2.05) is 56.3 Å². The van der Waals surface area contributed by atoms with Crippen LogP contribution in [0.25, 0.3) is 10.9 Å². The van der Waals surface area contributed by atoms with Crippen molar-refractivity contribution in [2.45, 2.75) is 51.4 Å². The molecule has 3 N–H and O–H groups in total. The molecule has 0 radical (unpaired) electrons. The molecule has 0 bridgehead atoms. The van der Waals surface area contributed by atoms with Gasteiger partial charge in [0.05, 0.1) is 6.04 Å². The zero-order valence-electron chi connectivity index (χ0n) is 22.7. The first-order chi connectivity index (χ1) is 19.8. The quantitative estimate of drug-likeness (QED) is 0.281. The number of rotatable bonds is 7. The fourth-order valence-corrected chi connectivity index (χ4v) is 6.31. The number of nitrogens with zero attached hydrogens (tertiary/aromatic N) is 1. The van der Waals surface area contributed by atoms with Crippen LogP contribution in [0.5, 0.6) is 0 Å². The largest absolute Gasteiger partial charge is 0.356 e. The summed E-state index contributed by atoms with van der Waals surface area (Å²) >= 11 is 6.14. The van der Waals surface area contributed by atoms with E-state index >= 15 is 0 Å². The van der Waals surface area contributed by atoms with Crippen molar-refractivity contribution < 1.29 is 18.8 Å². The molecule has 3 aromatic carbocycles. The van der Waals surface area contributed by atoms with E-state index in [0.717, 1.165) is 27.7 Å². The molecular formula is C32H30ClFN4O3. The van der Waals surface area contributed by atoms with Crippen molar-refractivity contribution in [3.8, 4) is 0 Å². The number of aromatic amines is 1. The second kappa shape index (κ2) is 10.7. The second-order valence-electron chi connectivity index (χ2n) is 10.8. The predicted octanol–water partition coefficient (Wildman–Crippen LogP) is 5.28. The number of halogens is 2. The number of para-hydroxylation sites is 1. The molecule has 7 nitrogen and oxygen atoms in total. The van der Waals surface area contributed by atoms with Gasteiger partial charge >= 0.3 is 0 Å². The number of benzene rings is 3. The van der Waals surface area contributed by atoms with Crippen LogP contribution in [0, 0.1) is 11.7 Å². The SMILES string of the molecule is CC[C@H](C)[C@H](NC(=O)[C@@H]1Cc2c([nH]c3ccccc23)[C@@H]2c3ccccc3C(=O)N21)C(=O)NCc1c(F)cccc1Cl. The van der Waals surface area contributed by atoms with Gasteiger partial charge < -0.3 is 20.5 Å². The summed E-state index contributed by atoms with van der Waals surface area (Å²) in [6.07, 6.45) is 0.924. The van der Waals surface area contributed by atoms with E-state index in [1.165, 1.54) is 12.1 Å². The van der Waals surface area contributed by atoms with Crippen LogP contribution in [0.15, 0.2) is 66.7 Å². The van der Waals surface area contributed by atoms with Crippen LogP contribution in [-0.4, -0.2) is 39.7 Å². The number of H-pyrrole nitrogens is 1. The number of hydrogen-bond donors (Lipinski definition) is 3. The minimum atomic E-state index is -0.888. The number of carbonyl (C=O) groups excluding carboxylic acids is 3. The minimum absolute atomic E-state index is 0.114. The number of nitrogens with one attached hydrogen (secondary N) is 3. The first-order valence-electron chi connectivity index (χ1n) is 13.8. The molecule has 1 aromatic heterocycles. The van der Waals surface area contributed by atoms with Gasteiger partial charge in [-0.15, -0.1) is 0 Å². The lowest BCUT2D eigenvalue weighted by atomic mass is 9.89. The van der Waals surface area contributed by atoms with Gasteiger partial charge in [0.25, 0.3) is 5.91 Å². The van der Waals surface area contributed by atoms with Crippen LogP contribution in [0.4, 0.5) is 4.39 Å². The maximum Gasteiger partial charge on any atom is 0.255 e. The average Bonchev–Trinajstić information content (AvgIpc) is 3.50. The zero-order chi connectivity index (χ0) is 28.8. The topological polar surface area (TPSA) is 94.3 Å². The van der Waals surface area contributed by atoms with E-state index in [0.29, 0.717) is 18.4 Å². The van der Waals surface area contributed by atoms with E-state index in [9.17, 15) is 18.8 Å². The summed E-state index contributed by atoms with van der Waals surface area (Å²) in [6.45, 7) is 3.69. The Bertz CT molecular complexity index is 1660. The van der Waals surface area contributed by atoms with Crippen LogP contribution in [0.1, 0.15) is 59.1 Å². The first-order valence-corrected chi connectivity index (χ1v) is 14.2. The number of hydrogen-bond acceptors (Lipinski definition) is 3. The summed E-state index contributed by atoms with van der Waals surface area (Å²) in [5.41, 5.74) is 4.44. The maximum absolute atomic E-state index is 14.3. The van der Waals surface area contributed by atoms with Gasteiger partial charge in [0.15, 0.2) is 0 Å². The fourth-order valence-electron chi connectivity index (χ4n) is 6.08. The standard InChI is InChI=1S/C32H30ClFN4O3/c1-3-17(2)27(31(40)35-16-22-23(33)12-8-13-24(22)34)37-30(39)26-15-21-18-9-6-7-14-25(18)36-28(21)29-19-10-4-5-11-20(19)32(41)38(26)29/h4-14,17,26-27,29,36H,3,15-16H2,1-2H3,(H,35,40)(H,37,39)/t17-,26-,27-,29-/m0/s1. The van der Waals surface area contributed by atoms with Crippen molar-refractivity contribution >= 4 is 40.2 Å². The van der Waals surface area contributed by atoms with Gasteiger partial charge in [0, 0.05) is 45.7 Å². The predicted molar refractivity (Wildman–Crippen MR) is 155 cm³/mol. The van der Waals surface area contributed by atoms with Gasteiger partial charge in [-0.3, -0.25) is 14.4 Å². The van der Waals surface area contributed by atoms with Crippen molar-refractivity contribution in [1.82, 2.24) is 20.5 Å². The molecule has 4 aromatic rings. The van der Waals surface area contributed by atoms with Crippen LogP contribution < -0.4 is 10.6 Å². The molecule has 41 heavy (non-hydrogen) atoms. The van der Waals surface area contributed by atoms with Gasteiger partial charge in [-0.2, -0.15) is 0 Å². The second-order valence-corrected chi connectivity index (χ2v) is 11.2. The Labute approximate surface area is 242 Å². The third-order valence-corrected chi connectivity index (χ3v) is 8.80. The lowest BCUT2D eigenvalue weighted by Crippen LogP contribution is -2.58. The van der Waals surface area contributed by atoms with Crippen LogP contribution in [-0.2, 0) is 22.6 Å². The number of aromatic nitrogens is 1. The number of amides is 3. The number of fused-ring (bicyclic) bond motifs is 7. The Hall–Kier alpha value is -4.17. The van der Waals surface area contributed by atoms with Gasteiger partial charge in [0.2, 0.25) is 11.8 Å². The zero-order valence-corrected chi connectivity index (χ0v) is 23.5. The molecule has 3 heterocycles. The highest BCUT2D eigenvalue weighted by Gasteiger charge is 2.49. The lowest BCUT2D eigenvalue weighted by Gasteiger charge is -2.38. The molecule has 0 fully saturated rings. The molecule has 3 amide bonds. The first kappa shape index (κ1) is 27.0. The smallest absolute Gasteiger partial charge is 0.255 e. The molecule has 6 rings (SSSR count). The van der Waals surface area contributed by atoms with E-state index in [2.05, 4.69) is 15.6 Å². The molecule has 0 unspecified atom stereocenters. The molecule has 0 aliphatic carbocycles. The van der Waals surface area contributed by atoms with E-state index in [1.54, 1.807) is 17.0 Å². The summed E-state index contributed by atoms with van der Waals surface area (Å²) < 4.78 is 14.3. The summed E-state index contributed by atoms with van der Waals surface area (Å²) in [5.74, 6) is -1.80. The van der Waals surface area contributed by atoms with Crippen molar-refractivity contribution in [2.24, 2.45) is 5.92 Å². The summed E-state index contributed by atoms with van der Waals surface area (Å²) in [7, 11) is 0. The van der Waals surface area contributed by atoms with Crippen LogP contribution in [0.3, 0.4) is 0 Å². The third kappa shape index (κ3) is 4.56. The summed E-state index contributed by atoms with van der Waals surface area (Å²) in [5, 5.41) is 6.92. The Kier molecular flexibility index (Phi) is 7.03. The highest BCUT2D eigenvalue weighted by molar-refractivity contribution is 6.31. The van der Waals surface area contributed by atoms with Crippen molar-refractivity contribution in [3.63, 3.8) is 0 Å². The Morgan fingerprint density at radius 2 is 1.85 bits per heavy atom. The van der Waals surface area contributed by atoms with Crippen molar-refractivity contribution in [3.05, 3.63) is 106 Å². The normalized spacial score (nSPS) is 18.8. The summed E-state index contributed by atoms with van der Waals surface area (Å²) in [4.78, 5) is 46.3. The monoisotopic (exact) mass is 572 g/mol. The van der Waals surface area contributed by atoms with E-state index < -0.39 is 35.8 Å². The van der Waals surface area contributed by atoms with Crippen molar-refractivity contribution in [1.29, 1.82) is 0 Å². The van der Waals surface area contributed by atoms with Gasteiger partial charge in [-0.25, -0.2) is 4.39 Å². The minimum Gasteiger partial charge on any atom is -0.356 e. The van der Waals surface area contributed by atoms with Crippen molar-refractivity contribution in [2.75, 3.05) is 0 Å². The lowest BCUT2D eigenvalue weighted by molar-refractivity contribution is -0.133. The van der Waals surface area contributed by atoms with Crippen LogP contribution in [0.2, 0.25) is 5.02 Å². The highest BCUT2D eigenvalue weighted by Crippen LogP contribution is 2.46. The van der Waals surface area contributed by atoms with E-state index in [4.69, 9.17) is 11.6 Å². The number of carbonyl (C=O) groups is 3. The van der Waals surface area contributed by atoms with Gasteiger partial charge in [0.1, 0.15) is 17.9 Å². The Balaban J connectivity index is 1.31. The third-order valence-electron chi connectivity index (χ3n) is 8.45. The van der Waals surface area contributed by atoms with Crippen LogP contribution >= 0.6 is 11.6 Å². The molecule has 210 valence electrons. The molecule has 4 atom stereocenters. The van der Waals surface area contributed by atoms with Gasteiger partial charge in [-0.05, 0) is 41.3 Å². The molecule has 2 aliphatic rings. The highest BCUT2D eigenvalue weighted by atomic mass is 35.5. The summed E-state index contributed by atoms with van der Waals surface area (Å²) in [6, 6.07) is 17.5. The molecule has 0 saturated heterocycles.